The normalized spacial score (nSPS) is 31.7. The lowest BCUT2D eigenvalue weighted by atomic mass is 9.70. The number of quaternary nitrogens is 1. The van der Waals surface area contributed by atoms with Crippen LogP contribution < -0.4 is 5.23 Å². The zero-order valence-corrected chi connectivity index (χ0v) is 11.1. The van der Waals surface area contributed by atoms with Crippen LogP contribution in [0.1, 0.15) is 33.6 Å². The van der Waals surface area contributed by atoms with E-state index in [0.717, 1.165) is 6.42 Å². The monoisotopic (exact) mass is 257 g/mol. The first-order valence-corrected chi connectivity index (χ1v) is 6.40. The Morgan fingerprint density at radius 2 is 2.28 bits per heavy atom. The van der Waals surface area contributed by atoms with E-state index >= 15 is 0 Å². The third-order valence-electron chi connectivity index (χ3n) is 3.10. The maximum absolute atomic E-state index is 11.7. The van der Waals surface area contributed by atoms with Gasteiger partial charge in [-0.05, 0) is 33.5 Å². The summed E-state index contributed by atoms with van der Waals surface area (Å²) in [6, 6.07) is 0. The highest BCUT2D eigenvalue weighted by molar-refractivity contribution is 6.61. The molecule has 2 aliphatic rings. The molecular formula is C11H20BNO5. The second-order valence-corrected chi connectivity index (χ2v) is 5.99. The predicted octanol–water partition coefficient (Wildman–Crippen LogP) is -0.434. The molecule has 0 aliphatic carbocycles. The number of nitrogens with two attached hydrogens (primary N) is 1. The van der Waals surface area contributed by atoms with Gasteiger partial charge in [-0.3, -0.25) is 9.59 Å². The molecule has 1 spiro atoms. The van der Waals surface area contributed by atoms with E-state index in [1.165, 1.54) is 0 Å². The second-order valence-electron chi connectivity index (χ2n) is 5.99. The lowest BCUT2D eigenvalue weighted by Gasteiger charge is -2.25. The van der Waals surface area contributed by atoms with E-state index in [1.807, 2.05) is 20.8 Å². The molecule has 0 saturated carbocycles. The lowest BCUT2D eigenvalue weighted by Crippen LogP contribution is -2.98. The van der Waals surface area contributed by atoms with Crippen molar-refractivity contribution >= 4 is 18.6 Å². The van der Waals surface area contributed by atoms with Crippen LogP contribution in [0.15, 0.2) is 0 Å². The third-order valence-corrected chi connectivity index (χ3v) is 3.10. The van der Waals surface area contributed by atoms with E-state index in [4.69, 9.17) is 14.0 Å². The summed E-state index contributed by atoms with van der Waals surface area (Å²) < 4.78 is 16.2. The van der Waals surface area contributed by atoms with Gasteiger partial charge in [0, 0.05) is 6.10 Å². The quantitative estimate of drug-likeness (QED) is 0.536. The summed E-state index contributed by atoms with van der Waals surface area (Å²) in [6.07, 6.45) is 1.41. The van der Waals surface area contributed by atoms with Crippen molar-refractivity contribution in [1.29, 1.82) is 0 Å². The highest BCUT2D eigenvalue weighted by Crippen LogP contribution is 2.27. The molecule has 2 atom stereocenters. The van der Waals surface area contributed by atoms with Crippen molar-refractivity contribution in [3.63, 3.8) is 0 Å². The molecule has 0 amide bonds. The van der Waals surface area contributed by atoms with Gasteiger partial charge >= 0.3 is 18.6 Å². The van der Waals surface area contributed by atoms with Gasteiger partial charge in [0.2, 0.25) is 0 Å². The minimum absolute atomic E-state index is 0.206. The zero-order valence-electron chi connectivity index (χ0n) is 11.1. The van der Waals surface area contributed by atoms with E-state index in [9.17, 15) is 9.59 Å². The molecule has 6 nitrogen and oxygen atoms in total. The Morgan fingerprint density at radius 1 is 1.56 bits per heavy atom. The van der Waals surface area contributed by atoms with Crippen LogP contribution in [0, 0.1) is 0 Å². The molecular weight excluding hydrogens is 237 g/mol. The molecule has 0 aromatic rings. The fourth-order valence-corrected chi connectivity index (χ4v) is 2.45. The van der Waals surface area contributed by atoms with Crippen molar-refractivity contribution in [3.8, 4) is 0 Å². The lowest BCUT2D eigenvalue weighted by molar-refractivity contribution is -0.531. The highest BCUT2D eigenvalue weighted by Gasteiger charge is 2.50. The standard InChI is InChI=1S/C11H20BNO5/c1-11(2,3)16-9(14)6-8-4-5-12(17-8)13-7-10(15)18-12/h8H,4-7,13H2,1-3H3/t8-,12?/m0/s1. The third kappa shape index (κ3) is 3.23. The van der Waals surface area contributed by atoms with E-state index < -0.39 is 12.3 Å². The first-order valence-electron chi connectivity index (χ1n) is 6.40. The maximum Gasteiger partial charge on any atom is 0.525 e. The Morgan fingerprint density at radius 3 is 2.83 bits per heavy atom. The molecule has 0 aromatic carbocycles. The van der Waals surface area contributed by atoms with Crippen LogP contribution in [0.25, 0.3) is 0 Å². The van der Waals surface area contributed by atoms with E-state index in [1.54, 1.807) is 5.23 Å². The van der Waals surface area contributed by atoms with Gasteiger partial charge in [0.05, 0.1) is 6.42 Å². The van der Waals surface area contributed by atoms with Crippen LogP contribution in [-0.2, 0) is 23.6 Å². The minimum Gasteiger partial charge on any atom is -0.611 e. The Labute approximate surface area is 106 Å². The molecule has 0 aromatic heterocycles. The van der Waals surface area contributed by atoms with Crippen LogP contribution >= 0.6 is 0 Å². The van der Waals surface area contributed by atoms with Crippen molar-refractivity contribution in [1.82, 2.24) is 0 Å². The Bertz CT molecular complexity index is 367. The van der Waals surface area contributed by atoms with Gasteiger partial charge in [0.1, 0.15) is 12.1 Å². The molecule has 2 rings (SSSR count). The topological polar surface area (TPSA) is 78.4 Å². The van der Waals surface area contributed by atoms with Crippen LogP contribution in [-0.4, -0.2) is 36.9 Å². The van der Waals surface area contributed by atoms with Gasteiger partial charge in [-0.1, -0.05) is 0 Å². The van der Waals surface area contributed by atoms with Gasteiger partial charge in [-0.25, -0.2) is 0 Å². The summed E-state index contributed by atoms with van der Waals surface area (Å²) >= 11 is 0. The molecule has 2 heterocycles. The maximum atomic E-state index is 11.7. The summed E-state index contributed by atoms with van der Waals surface area (Å²) in [5.41, 5.74) is -0.482. The Hall–Kier alpha value is -1.08. The van der Waals surface area contributed by atoms with Gasteiger partial charge in [0.25, 0.3) is 0 Å². The predicted molar refractivity (Wildman–Crippen MR) is 63.4 cm³/mol. The molecule has 2 fully saturated rings. The SMILES string of the molecule is CC(C)(C)OC(=O)C[C@@H]1CC[B-]2([NH2+]CC(=O)O2)O1. The van der Waals surface area contributed by atoms with Crippen molar-refractivity contribution in [2.45, 2.75) is 51.6 Å². The summed E-state index contributed by atoms with van der Waals surface area (Å²) in [4.78, 5) is 22.8. The van der Waals surface area contributed by atoms with Crippen molar-refractivity contribution in [2.24, 2.45) is 0 Å². The molecule has 2 aliphatic heterocycles. The summed E-state index contributed by atoms with van der Waals surface area (Å²) in [6.45, 7) is 4.23. The largest absolute Gasteiger partial charge is 0.611 e. The van der Waals surface area contributed by atoms with E-state index in [2.05, 4.69) is 0 Å². The molecule has 0 radical (unpaired) electrons. The molecule has 1 unspecified atom stereocenters. The van der Waals surface area contributed by atoms with Gasteiger partial charge in [-0.15, -0.1) is 0 Å². The fraction of sp³-hybridized carbons (Fsp3) is 0.818. The molecule has 0 bridgehead atoms. The highest BCUT2D eigenvalue weighted by atomic mass is 16.7. The summed E-state index contributed by atoms with van der Waals surface area (Å²) in [5, 5.41) is 1.80. The number of carbonyl (C=O) groups excluding carboxylic acids is 2. The number of carbonyl (C=O) groups is 2. The van der Waals surface area contributed by atoms with Crippen LogP contribution in [0.4, 0.5) is 0 Å². The Balaban J connectivity index is 1.83. The van der Waals surface area contributed by atoms with Crippen LogP contribution in [0.2, 0.25) is 6.32 Å². The zero-order chi connectivity index (χ0) is 13.4. The fourth-order valence-electron chi connectivity index (χ4n) is 2.45. The van der Waals surface area contributed by atoms with Crippen molar-refractivity contribution in [3.05, 3.63) is 0 Å². The van der Waals surface area contributed by atoms with Gasteiger partial charge < -0.3 is 19.3 Å². The second kappa shape index (κ2) is 4.55. The first kappa shape index (κ1) is 13.4. The van der Waals surface area contributed by atoms with E-state index in [0.29, 0.717) is 12.9 Å². The Kier molecular flexibility index (Phi) is 3.38. The molecule has 18 heavy (non-hydrogen) atoms. The number of rotatable bonds is 2. The smallest absolute Gasteiger partial charge is 0.525 e. The minimum atomic E-state index is -1.57. The average Bonchev–Trinajstić information content (AvgIpc) is 2.72. The van der Waals surface area contributed by atoms with Crippen LogP contribution in [0.5, 0.6) is 0 Å². The van der Waals surface area contributed by atoms with E-state index in [-0.39, 0.29) is 24.5 Å². The number of esters is 1. The molecule has 2 N–H and O–H groups in total. The molecule has 102 valence electrons. The first-order chi connectivity index (χ1) is 8.28. The number of hydrogen-bond acceptors (Lipinski definition) is 5. The van der Waals surface area contributed by atoms with Crippen molar-refractivity contribution in [2.75, 3.05) is 6.54 Å². The van der Waals surface area contributed by atoms with Gasteiger partial charge in [-0.2, -0.15) is 0 Å². The summed E-state index contributed by atoms with van der Waals surface area (Å²) in [5.74, 6) is -0.516. The van der Waals surface area contributed by atoms with Crippen LogP contribution in [0.3, 0.4) is 0 Å². The molecule has 2 saturated heterocycles. The average molecular weight is 257 g/mol. The molecule has 7 heteroatoms. The number of ether oxygens (including phenoxy) is 1. The summed E-state index contributed by atoms with van der Waals surface area (Å²) in [7, 11) is 0. The van der Waals surface area contributed by atoms with Gasteiger partial charge in [0.15, 0.2) is 0 Å². The number of hydrogen-bond donors (Lipinski definition) is 1. The van der Waals surface area contributed by atoms with Crippen molar-refractivity contribution < 1.29 is 28.9 Å².